The summed E-state index contributed by atoms with van der Waals surface area (Å²) >= 11 is 0. The van der Waals surface area contributed by atoms with Gasteiger partial charge in [0.15, 0.2) is 5.78 Å². The van der Waals surface area contributed by atoms with Gasteiger partial charge in [0.05, 0.1) is 11.4 Å². The van der Waals surface area contributed by atoms with Crippen LogP contribution >= 0.6 is 0 Å². The van der Waals surface area contributed by atoms with Gasteiger partial charge in [-0.05, 0) is 95.2 Å². The monoisotopic (exact) mass is 436 g/mol. The summed E-state index contributed by atoms with van der Waals surface area (Å²) in [5.74, 6) is 0.0590. The zero-order valence-corrected chi connectivity index (χ0v) is 22.4. The summed E-state index contributed by atoms with van der Waals surface area (Å²) in [5, 5.41) is 0. The van der Waals surface area contributed by atoms with Gasteiger partial charge in [-0.1, -0.05) is 36.4 Å². The molecule has 3 nitrogen and oxygen atoms in total. The Morgan fingerprint density at radius 1 is 0.562 bits per heavy atom. The van der Waals surface area contributed by atoms with E-state index in [4.69, 9.17) is 0 Å². The van der Waals surface area contributed by atoms with Crippen LogP contribution in [-0.4, -0.2) is 27.9 Å². The lowest BCUT2D eigenvalue weighted by molar-refractivity contribution is 0.103. The highest BCUT2D eigenvalue weighted by Crippen LogP contribution is 2.46. The van der Waals surface area contributed by atoms with E-state index in [0.717, 1.165) is 16.9 Å². The van der Waals surface area contributed by atoms with Crippen molar-refractivity contribution in [3.05, 3.63) is 59.7 Å². The molecular formula is C29H44N2O. The van der Waals surface area contributed by atoms with Gasteiger partial charge >= 0.3 is 0 Å². The maximum Gasteiger partial charge on any atom is 0.195 e. The molecule has 0 aliphatic rings. The number of rotatable bonds is 4. The summed E-state index contributed by atoms with van der Waals surface area (Å²) in [6, 6.07) is 15.8. The minimum atomic E-state index is -0.193. The van der Waals surface area contributed by atoms with E-state index in [1.54, 1.807) is 0 Å². The highest BCUT2D eigenvalue weighted by Gasteiger charge is 2.40. The fourth-order valence-corrected chi connectivity index (χ4v) is 5.28. The van der Waals surface area contributed by atoms with E-state index in [1.807, 2.05) is 42.5 Å². The summed E-state index contributed by atoms with van der Waals surface area (Å²) in [7, 11) is 0. The molecule has 3 heteroatoms. The molecule has 2 aromatic rings. The standard InChI is InChI=1S/C29H44N2O/c1-26(2,3)30(27(4,5)6)23-20-16-19-22(25(32)21-17-14-13-15-18-21)24(23)31(28(7,8)9)29(10,11)12/h13-20H,1-12H3. The van der Waals surface area contributed by atoms with Crippen molar-refractivity contribution < 1.29 is 4.79 Å². The number of ketones is 1. The lowest BCUT2D eigenvalue weighted by Crippen LogP contribution is -2.57. The lowest BCUT2D eigenvalue weighted by atomic mass is 9.88. The topological polar surface area (TPSA) is 23.6 Å². The second-order valence-corrected chi connectivity index (χ2v) is 12.7. The molecule has 0 fully saturated rings. The van der Waals surface area contributed by atoms with E-state index in [-0.39, 0.29) is 27.9 Å². The molecule has 0 N–H and O–H groups in total. The van der Waals surface area contributed by atoms with Gasteiger partial charge in [0.2, 0.25) is 0 Å². The Morgan fingerprint density at radius 3 is 1.41 bits per heavy atom. The molecule has 0 bridgehead atoms. The van der Waals surface area contributed by atoms with Crippen molar-refractivity contribution >= 4 is 17.2 Å². The summed E-state index contributed by atoms with van der Waals surface area (Å²) in [4.78, 5) is 18.7. The van der Waals surface area contributed by atoms with Crippen LogP contribution in [0.5, 0.6) is 0 Å². The number of nitrogens with zero attached hydrogens (tertiary/aromatic N) is 2. The Kier molecular flexibility index (Phi) is 6.96. The second-order valence-electron chi connectivity index (χ2n) is 12.7. The number of benzene rings is 2. The lowest BCUT2D eigenvalue weighted by Gasteiger charge is -2.53. The Bertz CT molecular complexity index is 904. The van der Waals surface area contributed by atoms with Crippen LogP contribution in [0.1, 0.15) is 99.0 Å². The van der Waals surface area contributed by atoms with E-state index in [1.165, 1.54) is 0 Å². The van der Waals surface area contributed by atoms with Gasteiger partial charge in [-0.3, -0.25) is 4.79 Å². The van der Waals surface area contributed by atoms with Gasteiger partial charge in [-0.2, -0.15) is 0 Å². The first-order valence-corrected chi connectivity index (χ1v) is 11.7. The number of para-hydroxylation sites is 1. The fraction of sp³-hybridized carbons (Fsp3) is 0.552. The first-order chi connectivity index (χ1) is 14.4. The molecule has 2 aromatic carbocycles. The Hall–Kier alpha value is -2.29. The Balaban J connectivity index is 3.00. The number of carbonyl (C=O) groups excluding carboxylic acids is 1. The van der Waals surface area contributed by atoms with Gasteiger partial charge in [-0.25, -0.2) is 0 Å². The summed E-state index contributed by atoms with van der Waals surface area (Å²) < 4.78 is 0. The molecule has 0 saturated carbocycles. The summed E-state index contributed by atoms with van der Waals surface area (Å²) in [6.07, 6.45) is 0. The third kappa shape index (κ3) is 5.54. The quantitative estimate of drug-likeness (QED) is 0.458. The molecule has 0 spiro atoms. The minimum absolute atomic E-state index is 0.0590. The highest BCUT2D eigenvalue weighted by atomic mass is 16.1. The summed E-state index contributed by atoms with van der Waals surface area (Å²) in [5.41, 5.74) is 2.90. The van der Waals surface area contributed by atoms with Crippen LogP contribution in [0.2, 0.25) is 0 Å². The number of carbonyl (C=O) groups is 1. The first kappa shape index (κ1) is 26.0. The molecule has 0 aromatic heterocycles. The van der Waals surface area contributed by atoms with Crippen LogP contribution in [0.4, 0.5) is 11.4 Å². The highest BCUT2D eigenvalue weighted by molar-refractivity contribution is 6.14. The maximum atomic E-state index is 13.9. The zero-order chi connectivity index (χ0) is 24.7. The molecule has 0 amide bonds. The third-order valence-corrected chi connectivity index (χ3v) is 5.44. The Morgan fingerprint density at radius 2 is 1.00 bits per heavy atom. The largest absolute Gasteiger partial charge is 0.360 e. The van der Waals surface area contributed by atoms with Crippen molar-refractivity contribution in [2.24, 2.45) is 0 Å². The molecule has 0 aliphatic heterocycles. The molecule has 2 rings (SSSR count). The van der Waals surface area contributed by atoms with Gasteiger partial charge in [0.1, 0.15) is 0 Å². The minimum Gasteiger partial charge on any atom is -0.360 e. The predicted octanol–water partition coefficient (Wildman–Crippen LogP) is 7.72. The average Bonchev–Trinajstić information content (AvgIpc) is 2.58. The third-order valence-electron chi connectivity index (χ3n) is 5.44. The van der Waals surface area contributed by atoms with Crippen molar-refractivity contribution in [1.82, 2.24) is 0 Å². The maximum absolute atomic E-state index is 13.9. The van der Waals surface area contributed by atoms with Crippen molar-refractivity contribution in [3.63, 3.8) is 0 Å². The molecule has 0 aliphatic carbocycles. The van der Waals surface area contributed by atoms with Crippen LogP contribution in [0.25, 0.3) is 0 Å². The zero-order valence-electron chi connectivity index (χ0n) is 22.4. The predicted molar refractivity (Wildman–Crippen MR) is 140 cm³/mol. The fourth-order valence-electron chi connectivity index (χ4n) is 5.28. The molecule has 0 heterocycles. The second kappa shape index (κ2) is 8.57. The molecule has 0 atom stereocenters. The van der Waals surface area contributed by atoms with Gasteiger partial charge < -0.3 is 9.80 Å². The molecular weight excluding hydrogens is 392 g/mol. The van der Waals surface area contributed by atoms with E-state index >= 15 is 0 Å². The van der Waals surface area contributed by atoms with E-state index < -0.39 is 0 Å². The number of anilines is 2. The van der Waals surface area contributed by atoms with Gasteiger partial charge in [-0.15, -0.1) is 0 Å². The molecule has 0 radical (unpaired) electrons. The summed E-state index contributed by atoms with van der Waals surface area (Å²) in [6.45, 7) is 26.8. The van der Waals surface area contributed by atoms with Crippen LogP contribution < -0.4 is 9.80 Å². The van der Waals surface area contributed by atoms with Crippen LogP contribution in [0.3, 0.4) is 0 Å². The van der Waals surface area contributed by atoms with Crippen LogP contribution in [0.15, 0.2) is 48.5 Å². The van der Waals surface area contributed by atoms with Crippen molar-refractivity contribution in [2.45, 2.75) is 105 Å². The molecule has 176 valence electrons. The van der Waals surface area contributed by atoms with E-state index in [0.29, 0.717) is 5.56 Å². The van der Waals surface area contributed by atoms with Crippen LogP contribution in [-0.2, 0) is 0 Å². The smallest absolute Gasteiger partial charge is 0.195 e. The van der Waals surface area contributed by atoms with Gasteiger partial charge in [0, 0.05) is 33.3 Å². The first-order valence-electron chi connectivity index (χ1n) is 11.7. The van der Waals surface area contributed by atoms with E-state index in [9.17, 15) is 4.79 Å². The average molecular weight is 437 g/mol. The SMILES string of the molecule is CC(C)(C)N(c1cccc(C(=O)c2ccccc2)c1N(C(C)(C)C)C(C)(C)C)C(C)(C)C. The Labute approximate surface area is 196 Å². The molecule has 0 unspecified atom stereocenters. The van der Waals surface area contributed by atoms with Crippen molar-refractivity contribution in [2.75, 3.05) is 9.80 Å². The molecule has 32 heavy (non-hydrogen) atoms. The number of hydrogen-bond donors (Lipinski definition) is 0. The number of hydrogen-bond acceptors (Lipinski definition) is 3. The normalized spacial score (nSPS) is 13.1. The van der Waals surface area contributed by atoms with Crippen molar-refractivity contribution in [1.29, 1.82) is 0 Å². The van der Waals surface area contributed by atoms with Crippen molar-refractivity contribution in [3.8, 4) is 0 Å². The van der Waals surface area contributed by atoms with Gasteiger partial charge in [0.25, 0.3) is 0 Å². The van der Waals surface area contributed by atoms with Crippen LogP contribution in [0, 0.1) is 0 Å². The van der Waals surface area contributed by atoms with E-state index in [2.05, 4.69) is 99.0 Å². The molecule has 0 saturated heterocycles.